The molecule has 0 aromatic heterocycles. The minimum atomic E-state index is -3.20. The smallest absolute Gasteiger partial charge is 0.223 e. The highest BCUT2D eigenvalue weighted by molar-refractivity contribution is 7.90. The third-order valence-electron chi connectivity index (χ3n) is 4.37. The van der Waals surface area contributed by atoms with Crippen molar-refractivity contribution in [2.75, 3.05) is 32.5 Å². The molecule has 1 amide bonds. The molecule has 1 aliphatic rings. The van der Waals surface area contributed by atoms with E-state index in [4.69, 9.17) is 4.74 Å². The highest BCUT2D eigenvalue weighted by atomic mass is 35.5. The first-order valence-corrected chi connectivity index (χ1v) is 10.1. The Morgan fingerprint density at radius 2 is 1.84 bits per heavy atom. The quantitative estimate of drug-likeness (QED) is 0.741. The molecule has 1 aromatic carbocycles. The summed E-state index contributed by atoms with van der Waals surface area (Å²) in [6, 6.07) is 6.21. The summed E-state index contributed by atoms with van der Waals surface area (Å²) in [4.78, 5) is 12.2. The van der Waals surface area contributed by atoms with E-state index in [1.807, 2.05) is 0 Å². The van der Waals surface area contributed by atoms with Gasteiger partial charge in [-0.15, -0.1) is 12.4 Å². The summed E-state index contributed by atoms with van der Waals surface area (Å²) in [5, 5.41) is 6.30. The van der Waals surface area contributed by atoms with E-state index in [1.165, 1.54) is 12.1 Å². The molecule has 0 bridgehead atoms. The summed E-state index contributed by atoms with van der Waals surface area (Å²) in [6.07, 6.45) is 3.57. The molecule has 8 heteroatoms. The zero-order valence-electron chi connectivity index (χ0n) is 14.7. The molecule has 0 aliphatic carbocycles. The van der Waals surface area contributed by atoms with E-state index < -0.39 is 9.84 Å². The number of piperidine rings is 1. The average molecular weight is 391 g/mol. The average Bonchev–Trinajstić information content (AvgIpc) is 2.53. The lowest BCUT2D eigenvalue weighted by Crippen LogP contribution is -2.43. The van der Waals surface area contributed by atoms with Crippen molar-refractivity contribution in [2.45, 2.75) is 31.1 Å². The van der Waals surface area contributed by atoms with Crippen molar-refractivity contribution in [1.29, 1.82) is 0 Å². The highest BCUT2D eigenvalue weighted by Gasteiger charge is 2.26. The van der Waals surface area contributed by atoms with Gasteiger partial charge in [0.1, 0.15) is 5.75 Å². The Morgan fingerprint density at radius 3 is 2.40 bits per heavy atom. The van der Waals surface area contributed by atoms with Gasteiger partial charge >= 0.3 is 0 Å². The monoisotopic (exact) mass is 390 g/mol. The lowest BCUT2D eigenvalue weighted by molar-refractivity contribution is -0.122. The van der Waals surface area contributed by atoms with Gasteiger partial charge in [-0.2, -0.15) is 0 Å². The van der Waals surface area contributed by atoms with Gasteiger partial charge in [-0.3, -0.25) is 4.79 Å². The van der Waals surface area contributed by atoms with E-state index in [2.05, 4.69) is 17.6 Å². The predicted molar refractivity (Wildman–Crippen MR) is 100 cm³/mol. The molecule has 2 rings (SSSR count). The van der Waals surface area contributed by atoms with Crippen molar-refractivity contribution in [3.05, 3.63) is 24.3 Å². The maximum absolute atomic E-state index is 11.9. The van der Waals surface area contributed by atoms with Crippen LogP contribution in [0.1, 0.15) is 26.2 Å². The Morgan fingerprint density at radius 1 is 1.24 bits per heavy atom. The van der Waals surface area contributed by atoms with Gasteiger partial charge in [0, 0.05) is 12.8 Å². The van der Waals surface area contributed by atoms with Crippen LogP contribution in [-0.2, 0) is 14.6 Å². The first kappa shape index (κ1) is 21.7. The van der Waals surface area contributed by atoms with E-state index in [1.54, 1.807) is 12.1 Å². The van der Waals surface area contributed by atoms with Crippen molar-refractivity contribution in [2.24, 2.45) is 5.41 Å². The fourth-order valence-corrected chi connectivity index (χ4v) is 3.28. The highest BCUT2D eigenvalue weighted by Crippen LogP contribution is 2.26. The molecule has 2 N–H and O–H groups in total. The van der Waals surface area contributed by atoms with Crippen LogP contribution in [-0.4, -0.2) is 46.8 Å². The molecule has 1 aliphatic heterocycles. The molecule has 0 saturated carbocycles. The molecular formula is C17H27ClN2O4S. The van der Waals surface area contributed by atoms with Crippen LogP contribution in [0.5, 0.6) is 5.75 Å². The number of hydrogen-bond acceptors (Lipinski definition) is 5. The fraction of sp³-hybridized carbons (Fsp3) is 0.588. The second kappa shape index (κ2) is 9.40. The van der Waals surface area contributed by atoms with Gasteiger partial charge < -0.3 is 15.4 Å². The molecule has 1 heterocycles. The molecule has 0 atom stereocenters. The SMILES string of the molecule is CC1(CNC(=O)CCOc2ccc(S(C)(=O)=O)cc2)CCNCC1.Cl. The van der Waals surface area contributed by atoms with Gasteiger partial charge in [0.2, 0.25) is 5.91 Å². The summed E-state index contributed by atoms with van der Waals surface area (Å²) >= 11 is 0. The summed E-state index contributed by atoms with van der Waals surface area (Å²) in [7, 11) is -3.20. The molecule has 1 saturated heterocycles. The Kier molecular flexibility index (Phi) is 8.18. The van der Waals surface area contributed by atoms with Crippen LogP contribution in [0.2, 0.25) is 0 Å². The number of carbonyl (C=O) groups excluding carboxylic acids is 1. The van der Waals surface area contributed by atoms with E-state index in [-0.39, 0.29) is 41.7 Å². The fourth-order valence-electron chi connectivity index (χ4n) is 2.65. The van der Waals surface area contributed by atoms with Crippen LogP contribution in [0.4, 0.5) is 0 Å². The van der Waals surface area contributed by atoms with E-state index in [0.717, 1.165) is 32.2 Å². The Labute approximate surface area is 156 Å². The van der Waals surface area contributed by atoms with Crippen LogP contribution in [0.25, 0.3) is 0 Å². The van der Waals surface area contributed by atoms with Crippen molar-refractivity contribution in [3.63, 3.8) is 0 Å². The minimum Gasteiger partial charge on any atom is -0.493 e. The third-order valence-corrected chi connectivity index (χ3v) is 5.50. The van der Waals surface area contributed by atoms with E-state index in [0.29, 0.717) is 12.3 Å². The van der Waals surface area contributed by atoms with Crippen molar-refractivity contribution in [1.82, 2.24) is 10.6 Å². The number of ether oxygens (including phenoxy) is 1. The van der Waals surface area contributed by atoms with Gasteiger partial charge in [0.25, 0.3) is 0 Å². The number of nitrogens with one attached hydrogen (secondary N) is 2. The van der Waals surface area contributed by atoms with Gasteiger partial charge in [-0.25, -0.2) is 8.42 Å². The van der Waals surface area contributed by atoms with Crippen LogP contribution >= 0.6 is 12.4 Å². The van der Waals surface area contributed by atoms with Crippen LogP contribution in [0, 0.1) is 5.41 Å². The van der Waals surface area contributed by atoms with Gasteiger partial charge in [0.15, 0.2) is 9.84 Å². The summed E-state index contributed by atoms with van der Waals surface area (Å²) in [5.74, 6) is 0.531. The second-order valence-electron chi connectivity index (χ2n) is 6.68. The lowest BCUT2D eigenvalue weighted by atomic mass is 9.81. The minimum absolute atomic E-state index is 0. The first-order valence-electron chi connectivity index (χ1n) is 8.19. The Hall–Kier alpha value is -1.31. The number of benzene rings is 1. The van der Waals surface area contributed by atoms with Crippen molar-refractivity contribution >= 4 is 28.2 Å². The zero-order chi connectivity index (χ0) is 17.6. The molecule has 6 nitrogen and oxygen atoms in total. The number of halogens is 1. The number of rotatable bonds is 7. The standard InChI is InChI=1S/C17H26N2O4S.ClH/c1-17(8-10-18-11-9-17)13-19-16(20)7-12-23-14-3-5-15(6-4-14)24(2,21)22;/h3-6,18H,7-13H2,1-2H3,(H,19,20);1H. The maximum Gasteiger partial charge on any atom is 0.223 e. The second-order valence-corrected chi connectivity index (χ2v) is 8.70. The van der Waals surface area contributed by atoms with Crippen LogP contribution in [0.15, 0.2) is 29.2 Å². The van der Waals surface area contributed by atoms with E-state index in [9.17, 15) is 13.2 Å². The zero-order valence-corrected chi connectivity index (χ0v) is 16.3. The summed E-state index contributed by atoms with van der Waals surface area (Å²) in [5.41, 5.74) is 0.170. The summed E-state index contributed by atoms with van der Waals surface area (Å²) < 4.78 is 28.3. The van der Waals surface area contributed by atoms with Gasteiger partial charge in [-0.1, -0.05) is 6.92 Å². The Balaban J connectivity index is 0.00000312. The lowest BCUT2D eigenvalue weighted by Gasteiger charge is -2.34. The number of amides is 1. The molecule has 0 spiro atoms. The largest absolute Gasteiger partial charge is 0.493 e. The predicted octanol–water partition coefficient (Wildman–Crippen LogP) is 1.79. The molecule has 0 unspecified atom stereocenters. The normalized spacial score (nSPS) is 16.6. The molecule has 142 valence electrons. The van der Waals surface area contributed by atoms with Crippen molar-refractivity contribution in [3.8, 4) is 5.75 Å². The van der Waals surface area contributed by atoms with Gasteiger partial charge in [-0.05, 0) is 55.6 Å². The third kappa shape index (κ3) is 7.22. The summed E-state index contributed by atoms with van der Waals surface area (Å²) in [6.45, 7) is 5.16. The van der Waals surface area contributed by atoms with E-state index >= 15 is 0 Å². The molecule has 1 aromatic rings. The molecule has 0 radical (unpaired) electrons. The van der Waals surface area contributed by atoms with Crippen LogP contribution < -0.4 is 15.4 Å². The molecule has 25 heavy (non-hydrogen) atoms. The molecule has 1 fully saturated rings. The topological polar surface area (TPSA) is 84.5 Å². The molecular weight excluding hydrogens is 364 g/mol. The number of carbonyl (C=O) groups is 1. The van der Waals surface area contributed by atoms with Crippen molar-refractivity contribution < 1.29 is 17.9 Å². The Bertz CT molecular complexity index is 656. The number of sulfone groups is 1. The number of hydrogen-bond donors (Lipinski definition) is 2. The van der Waals surface area contributed by atoms with Gasteiger partial charge in [0.05, 0.1) is 17.9 Å². The maximum atomic E-state index is 11.9. The first-order chi connectivity index (χ1) is 11.3. The van der Waals surface area contributed by atoms with Crippen LogP contribution in [0.3, 0.4) is 0 Å².